The normalized spacial score (nSPS) is 15.1. The lowest BCUT2D eigenvalue weighted by atomic mass is 9.96. The van der Waals surface area contributed by atoms with E-state index in [1.165, 1.54) is 30.3 Å². The second-order valence-electron chi connectivity index (χ2n) is 6.63. The first-order valence-electron chi connectivity index (χ1n) is 8.77. The van der Waals surface area contributed by atoms with Gasteiger partial charge in [-0.05, 0) is 54.8 Å². The second kappa shape index (κ2) is 8.16. The molecule has 0 radical (unpaired) electrons. The highest BCUT2D eigenvalue weighted by molar-refractivity contribution is 5.94. The molecule has 1 saturated carbocycles. The van der Waals surface area contributed by atoms with Crippen LogP contribution in [0, 0.1) is 11.6 Å². The number of nitrogens with one attached hydrogen (secondary N) is 3. The molecule has 0 spiro atoms. The SMILES string of the molecule is CN=C(NCC(=O)Nc1ccc(F)cc1)NCC1(c2cccc(F)c2)CC1. The van der Waals surface area contributed by atoms with E-state index in [0.717, 1.165) is 18.4 Å². The number of benzene rings is 2. The summed E-state index contributed by atoms with van der Waals surface area (Å²) in [6, 6.07) is 12.2. The Labute approximate surface area is 156 Å². The Morgan fingerprint density at radius 2 is 1.81 bits per heavy atom. The summed E-state index contributed by atoms with van der Waals surface area (Å²) in [4.78, 5) is 16.1. The fourth-order valence-electron chi connectivity index (χ4n) is 2.91. The minimum Gasteiger partial charge on any atom is -0.356 e. The van der Waals surface area contributed by atoms with Crippen molar-refractivity contribution < 1.29 is 13.6 Å². The van der Waals surface area contributed by atoms with E-state index in [-0.39, 0.29) is 29.5 Å². The zero-order valence-corrected chi connectivity index (χ0v) is 15.1. The van der Waals surface area contributed by atoms with Crippen LogP contribution in [0.2, 0.25) is 0 Å². The Hall–Kier alpha value is -2.96. The molecule has 142 valence electrons. The maximum Gasteiger partial charge on any atom is 0.243 e. The summed E-state index contributed by atoms with van der Waals surface area (Å²) in [6.07, 6.45) is 1.96. The number of amides is 1. The molecule has 2 aromatic rings. The van der Waals surface area contributed by atoms with Gasteiger partial charge >= 0.3 is 0 Å². The topological polar surface area (TPSA) is 65.5 Å². The molecular formula is C20H22F2N4O. The van der Waals surface area contributed by atoms with Crippen molar-refractivity contribution in [3.63, 3.8) is 0 Å². The first-order valence-corrected chi connectivity index (χ1v) is 8.77. The van der Waals surface area contributed by atoms with Gasteiger partial charge in [-0.3, -0.25) is 9.79 Å². The highest BCUT2D eigenvalue weighted by atomic mass is 19.1. The van der Waals surface area contributed by atoms with Gasteiger partial charge in [0.25, 0.3) is 0 Å². The summed E-state index contributed by atoms with van der Waals surface area (Å²) in [7, 11) is 1.62. The number of aliphatic imine (C=N–C) groups is 1. The number of rotatable bonds is 6. The molecule has 0 unspecified atom stereocenters. The summed E-state index contributed by atoms with van der Waals surface area (Å²) in [5, 5.41) is 8.82. The summed E-state index contributed by atoms with van der Waals surface area (Å²) in [5.41, 5.74) is 1.41. The largest absolute Gasteiger partial charge is 0.356 e. The van der Waals surface area contributed by atoms with E-state index in [0.29, 0.717) is 18.2 Å². The van der Waals surface area contributed by atoms with Crippen LogP contribution < -0.4 is 16.0 Å². The highest BCUT2D eigenvalue weighted by Crippen LogP contribution is 2.47. The van der Waals surface area contributed by atoms with Crippen LogP contribution in [0.5, 0.6) is 0 Å². The summed E-state index contributed by atoms with van der Waals surface area (Å²) in [5.74, 6) is -0.371. The molecule has 0 bridgehead atoms. The van der Waals surface area contributed by atoms with Gasteiger partial charge in [0.2, 0.25) is 5.91 Å². The summed E-state index contributed by atoms with van der Waals surface area (Å²) < 4.78 is 26.4. The summed E-state index contributed by atoms with van der Waals surface area (Å²) >= 11 is 0. The molecule has 0 atom stereocenters. The average molecular weight is 372 g/mol. The van der Waals surface area contributed by atoms with E-state index in [4.69, 9.17) is 0 Å². The number of hydrogen-bond donors (Lipinski definition) is 3. The van der Waals surface area contributed by atoms with Crippen LogP contribution in [0.25, 0.3) is 0 Å². The van der Waals surface area contributed by atoms with Crippen molar-refractivity contribution in [2.45, 2.75) is 18.3 Å². The Kier molecular flexibility index (Phi) is 5.69. The fourth-order valence-corrected chi connectivity index (χ4v) is 2.91. The standard InChI is InChI=1S/C20H22F2N4O/c1-23-19(24-12-18(27)26-17-7-5-15(21)6-8-17)25-13-20(9-10-20)14-3-2-4-16(22)11-14/h2-8,11H,9-10,12-13H2,1H3,(H,26,27)(H2,23,24,25). The fraction of sp³-hybridized carbons (Fsp3) is 0.300. The third-order valence-corrected chi connectivity index (χ3v) is 4.65. The molecule has 0 aromatic heterocycles. The molecule has 1 fully saturated rings. The Bertz CT molecular complexity index is 832. The molecule has 3 N–H and O–H groups in total. The zero-order valence-electron chi connectivity index (χ0n) is 15.1. The van der Waals surface area contributed by atoms with Crippen molar-refractivity contribution in [3.05, 3.63) is 65.7 Å². The Morgan fingerprint density at radius 1 is 1.07 bits per heavy atom. The van der Waals surface area contributed by atoms with Crippen molar-refractivity contribution in [1.29, 1.82) is 0 Å². The van der Waals surface area contributed by atoms with Gasteiger partial charge in [0.05, 0.1) is 6.54 Å². The Balaban J connectivity index is 1.48. The van der Waals surface area contributed by atoms with Crippen LogP contribution in [0.4, 0.5) is 14.5 Å². The van der Waals surface area contributed by atoms with Crippen LogP contribution in [0.3, 0.4) is 0 Å². The third-order valence-electron chi connectivity index (χ3n) is 4.65. The quantitative estimate of drug-likeness (QED) is 0.540. The summed E-state index contributed by atoms with van der Waals surface area (Å²) in [6.45, 7) is 0.625. The molecule has 2 aromatic carbocycles. The molecule has 1 aliphatic rings. The predicted molar refractivity (Wildman–Crippen MR) is 102 cm³/mol. The molecule has 1 amide bonds. The van der Waals surface area contributed by atoms with Crippen molar-refractivity contribution in [1.82, 2.24) is 10.6 Å². The Morgan fingerprint density at radius 3 is 2.44 bits per heavy atom. The van der Waals surface area contributed by atoms with Gasteiger partial charge < -0.3 is 16.0 Å². The van der Waals surface area contributed by atoms with Crippen LogP contribution in [0.15, 0.2) is 53.5 Å². The van der Waals surface area contributed by atoms with Crippen LogP contribution in [-0.4, -0.2) is 32.0 Å². The smallest absolute Gasteiger partial charge is 0.243 e. The number of carbonyl (C=O) groups excluding carboxylic acids is 1. The van der Waals surface area contributed by atoms with Gasteiger partial charge in [-0.25, -0.2) is 8.78 Å². The number of guanidine groups is 1. The monoisotopic (exact) mass is 372 g/mol. The number of nitrogens with zero attached hydrogens (tertiary/aromatic N) is 1. The van der Waals surface area contributed by atoms with E-state index in [9.17, 15) is 13.6 Å². The first-order chi connectivity index (χ1) is 13.0. The average Bonchev–Trinajstić information content (AvgIpc) is 3.45. The van der Waals surface area contributed by atoms with Gasteiger partial charge in [0, 0.05) is 24.7 Å². The maximum atomic E-state index is 13.5. The lowest BCUT2D eigenvalue weighted by Crippen LogP contribution is -2.44. The van der Waals surface area contributed by atoms with Crippen LogP contribution >= 0.6 is 0 Å². The third kappa shape index (κ3) is 5.03. The molecule has 0 heterocycles. The zero-order chi connectivity index (χ0) is 19.3. The van der Waals surface area contributed by atoms with Gasteiger partial charge in [-0.1, -0.05) is 12.1 Å². The minimum atomic E-state index is -0.358. The van der Waals surface area contributed by atoms with Gasteiger partial charge in [-0.2, -0.15) is 0 Å². The molecular weight excluding hydrogens is 350 g/mol. The molecule has 5 nitrogen and oxygen atoms in total. The van der Waals surface area contributed by atoms with Crippen LogP contribution in [-0.2, 0) is 10.2 Å². The lowest BCUT2D eigenvalue weighted by Gasteiger charge is -2.19. The van der Waals surface area contributed by atoms with Crippen LogP contribution in [0.1, 0.15) is 18.4 Å². The second-order valence-corrected chi connectivity index (χ2v) is 6.63. The first kappa shape index (κ1) is 18.8. The van der Waals surface area contributed by atoms with E-state index in [2.05, 4.69) is 20.9 Å². The van der Waals surface area contributed by atoms with Gasteiger partial charge in [0.15, 0.2) is 5.96 Å². The lowest BCUT2D eigenvalue weighted by molar-refractivity contribution is -0.115. The molecule has 0 aliphatic heterocycles. The van der Waals surface area contributed by atoms with Crippen molar-refractivity contribution in [3.8, 4) is 0 Å². The molecule has 1 aliphatic carbocycles. The molecule has 7 heteroatoms. The highest BCUT2D eigenvalue weighted by Gasteiger charge is 2.44. The van der Waals surface area contributed by atoms with Crippen molar-refractivity contribution >= 4 is 17.6 Å². The van der Waals surface area contributed by atoms with E-state index >= 15 is 0 Å². The maximum absolute atomic E-state index is 13.5. The number of anilines is 1. The number of hydrogen-bond acceptors (Lipinski definition) is 2. The van der Waals surface area contributed by atoms with E-state index in [1.807, 2.05) is 6.07 Å². The number of halogens is 2. The van der Waals surface area contributed by atoms with Crippen molar-refractivity contribution in [2.24, 2.45) is 4.99 Å². The minimum absolute atomic E-state index is 0.0179. The number of carbonyl (C=O) groups is 1. The molecule has 3 rings (SSSR count). The van der Waals surface area contributed by atoms with E-state index < -0.39 is 0 Å². The van der Waals surface area contributed by atoms with E-state index in [1.54, 1.807) is 19.2 Å². The van der Waals surface area contributed by atoms with Crippen molar-refractivity contribution in [2.75, 3.05) is 25.5 Å². The molecule has 0 saturated heterocycles. The predicted octanol–water partition coefficient (Wildman–Crippen LogP) is 2.80. The van der Waals surface area contributed by atoms with Gasteiger partial charge in [-0.15, -0.1) is 0 Å². The van der Waals surface area contributed by atoms with Gasteiger partial charge in [0.1, 0.15) is 11.6 Å². The molecule has 27 heavy (non-hydrogen) atoms.